The minimum atomic E-state index is -0.843. The molecule has 0 radical (unpaired) electrons. The summed E-state index contributed by atoms with van der Waals surface area (Å²) in [6, 6.07) is 9.46. The summed E-state index contributed by atoms with van der Waals surface area (Å²) < 4.78 is 16.3. The molecule has 3 aromatic heterocycles. The second-order valence-electron chi connectivity index (χ2n) is 10.8. The van der Waals surface area contributed by atoms with E-state index in [1.165, 1.54) is 11.8 Å². The van der Waals surface area contributed by atoms with Gasteiger partial charge in [-0.1, -0.05) is 35.9 Å². The van der Waals surface area contributed by atoms with Crippen molar-refractivity contribution in [1.29, 1.82) is 0 Å². The second-order valence-corrected chi connectivity index (χ2v) is 11.2. The van der Waals surface area contributed by atoms with Crippen LogP contribution in [0.5, 0.6) is 0 Å². The molecule has 3 saturated carbocycles. The molecule has 0 spiro atoms. The number of H-pyrrole nitrogens is 1. The number of aromatic nitrogens is 5. The van der Waals surface area contributed by atoms with Gasteiger partial charge < -0.3 is 15.3 Å². The SMILES string of the molecule is O=C(O)C1C2CCC(CC2)C1Nc1nc(-c2[nH]nc3ncc(Cl)cc23)nc(N2CCc3ccccc3C2)c1F. The van der Waals surface area contributed by atoms with Gasteiger partial charge in [0.25, 0.3) is 0 Å². The Morgan fingerprint density at radius 2 is 1.90 bits per heavy atom. The van der Waals surface area contributed by atoms with Gasteiger partial charge in [-0.25, -0.2) is 15.0 Å². The fourth-order valence-corrected chi connectivity index (χ4v) is 6.90. The first-order valence-corrected chi connectivity index (χ1v) is 13.7. The number of nitrogens with zero attached hydrogens (tertiary/aromatic N) is 5. The van der Waals surface area contributed by atoms with E-state index in [0.717, 1.165) is 37.7 Å². The van der Waals surface area contributed by atoms with Gasteiger partial charge in [0.05, 0.1) is 16.3 Å². The Bertz CT molecular complexity index is 1590. The zero-order valence-corrected chi connectivity index (χ0v) is 21.8. The molecule has 200 valence electrons. The molecule has 3 aliphatic carbocycles. The topological polar surface area (TPSA) is 120 Å². The molecular weight excluding hydrogens is 521 g/mol. The van der Waals surface area contributed by atoms with Crippen molar-refractivity contribution >= 4 is 40.2 Å². The van der Waals surface area contributed by atoms with Gasteiger partial charge >= 0.3 is 5.97 Å². The second kappa shape index (κ2) is 9.44. The lowest BCUT2D eigenvalue weighted by molar-refractivity contribution is -0.148. The van der Waals surface area contributed by atoms with Gasteiger partial charge in [-0.15, -0.1) is 0 Å². The first-order valence-electron chi connectivity index (χ1n) is 13.3. The summed E-state index contributed by atoms with van der Waals surface area (Å²) >= 11 is 6.22. The Balaban J connectivity index is 1.34. The van der Waals surface area contributed by atoms with E-state index >= 15 is 4.39 Å². The van der Waals surface area contributed by atoms with E-state index in [2.05, 4.69) is 36.5 Å². The fourth-order valence-electron chi connectivity index (χ4n) is 6.74. The van der Waals surface area contributed by atoms with E-state index < -0.39 is 23.7 Å². The summed E-state index contributed by atoms with van der Waals surface area (Å²) in [6.07, 6.45) is 5.91. The van der Waals surface area contributed by atoms with Crippen molar-refractivity contribution in [1.82, 2.24) is 25.1 Å². The Morgan fingerprint density at radius 3 is 2.69 bits per heavy atom. The van der Waals surface area contributed by atoms with Gasteiger partial charge in [0.15, 0.2) is 23.1 Å². The molecule has 11 heteroatoms. The maximum Gasteiger partial charge on any atom is 0.308 e. The maximum atomic E-state index is 16.3. The summed E-state index contributed by atoms with van der Waals surface area (Å²) in [5.74, 6) is -1.36. The number of aromatic amines is 1. The molecule has 9 nitrogen and oxygen atoms in total. The third-order valence-electron chi connectivity index (χ3n) is 8.67. The molecule has 4 heterocycles. The number of fused-ring (bicyclic) bond motifs is 5. The lowest BCUT2D eigenvalue weighted by Gasteiger charge is -2.47. The Kier molecular flexibility index (Phi) is 5.88. The number of carboxylic acids is 1. The van der Waals surface area contributed by atoms with Crippen LogP contribution >= 0.6 is 11.6 Å². The Labute approximate surface area is 228 Å². The van der Waals surface area contributed by atoms with Crippen molar-refractivity contribution in [2.24, 2.45) is 17.8 Å². The fraction of sp³-hybridized carbons (Fsp3) is 0.393. The van der Waals surface area contributed by atoms with Crippen LogP contribution in [-0.4, -0.2) is 48.8 Å². The summed E-state index contributed by atoms with van der Waals surface area (Å²) in [4.78, 5) is 27.8. The van der Waals surface area contributed by atoms with E-state index in [-0.39, 0.29) is 29.3 Å². The molecular formula is C28H27ClFN7O2. The highest BCUT2D eigenvalue weighted by Gasteiger charge is 2.47. The first kappa shape index (κ1) is 24.3. The molecule has 2 unspecified atom stereocenters. The molecule has 2 atom stereocenters. The van der Waals surface area contributed by atoms with Crippen LogP contribution in [0, 0.1) is 23.6 Å². The van der Waals surface area contributed by atoms with Crippen LogP contribution in [0.25, 0.3) is 22.6 Å². The molecule has 8 rings (SSSR count). The molecule has 1 aliphatic heterocycles. The zero-order chi connectivity index (χ0) is 26.7. The average molecular weight is 548 g/mol. The maximum absolute atomic E-state index is 16.3. The van der Waals surface area contributed by atoms with Gasteiger partial charge in [0.2, 0.25) is 5.82 Å². The number of hydrogen-bond acceptors (Lipinski definition) is 7. The third kappa shape index (κ3) is 4.17. The quantitative estimate of drug-likeness (QED) is 0.317. The first-order chi connectivity index (χ1) is 19.0. The van der Waals surface area contributed by atoms with Crippen LogP contribution in [0.15, 0.2) is 36.5 Å². The highest BCUT2D eigenvalue weighted by molar-refractivity contribution is 6.31. The Morgan fingerprint density at radius 1 is 1.13 bits per heavy atom. The van der Waals surface area contributed by atoms with Crippen molar-refractivity contribution in [3.63, 3.8) is 0 Å². The van der Waals surface area contributed by atoms with Crippen molar-refractivity contribution < 1.29 is 14.3 Å². The smallest absolute Gasteiger partial charge is 0.308 e. The van der Waals surface area contributed by atoms with Crippen molar-refractivity contribution in [2.45, 2.75) is 44.7 Å². The number of hydrogen-bond donors (Lipinski definition) is 3. The van der Waals surface area contributed by atoms with Crippen molar-refractivity contribution in [3.05, 3.63) is 58.5 Å². The van der Waals surface area contributed by atoms with Crippen LogP contribution in [-0.2, 0) is 17.8 Å². The average Bonchev–Trinajstić information content (AvgIpc) is 3.37. The van der Waals surface area contributed by atoms with Crippen LogP contribution in [0.2, 0.25) is 5.02 Å². The largest absolute Gasteiger partial charge is 0.481 e. The van der Waals surface area contributed by atoms with E-state index in [9.17, 15) is 9.90 Å². The van der Waals surface area contributed by atoms with Gasteiger partial charge in [0, 0.05) is 25.3 Å². The molecule has 0 amide bonds. The standard InChI is InChI=1S/C28H27ClFN7O2/c29-18-11-19-23(35-36-24(19)31-12-18)26-33-25(32-22-16-7-5-15(6-8-16)20(22)28(38)39)21(30)27(34-26)37-10-9-14-3-1-2-4-17(14)13-37/h1-4,11-12,15-16,20,22H,5-10,13H2,(H,38,39)(H,31,35,36)(H,32,33,34). The zero-order valence-electron chi connectivity index (χ0n) is 21.1. The highest BCUT2D eigenvalue weighted by Crippen LogP contribution is 2.47. The van der Waals surface area contributed by atoms with Gasteiger partial charge in [-0.05, 0) is 61.1 Å². The molecule has 0 saturated heterocycles. The molecule has 1 aromatic carbocycles. The van der Waals surface area contributed by atoms with Crippen molar-refractivity contribution in [2.75, 3.05) is 16.8 Å². The van der Waals surface area contributed by atoms with Crippen LogP contribution in [0.3, 0.4) is 0 Å². The lowest BCUT2D eigenvalue weighted by Crippen LogP contribution is -2.51. The number of aliphatic carboxylic acids is 1. The number of pyridine rings is 1. The molecule has 39 heavy (non-hydrogen) atoms. The molecule has 4 aromatic rings. The predicted molar refractivity (Wildman–Crippen MR) is 145 cm³/mol. The molecule has 3 N–H and O–H groups in total. The van der Waals surface area contributed by atoms with Crippen LogP contribution in [0.1, 0.15) is 36.8 Å². The lowest BCUT2D eigenvalue weighted by atomic mass is 9.61. The van der Waals surface area contributed by atoms with Crippen molar-refractivity contribution in [3.8, 4) is 11.5 Å². The van der Waals surface area contributed by atoms with E-state index in [1.54, 1.807) is 6.07 Å². The number of carboxylic acid groups (broad SMARTS) is 1. The minimum absolute atomic E-state index is 0.00963. The predicted octanol–water partition coefficient (Wildman–Crippen LogP) is 5.07. The van der Waals surface area contributed by atoms with Crippen LogP contribution < -0.4 is 10.2 Å². The van der Waals surface area contributed by atoms with Gasteiger partial charge in [-0.2, -0.15) is 9.49 Å². The molecule has 3 fully saturated rings. The normalized spacial score (nSPS) is 24.1. The summed E-state index contributed by atoms with van der Waals surface area (Å²) in [7, 11) is 0. The summed E-state index contributed by atoms with van der Waals surface area (Å²) in [5.41, 5.74) is 3.28. The van der Waals surface area contributed by atoms with E-state index in [4.69, 9.17) is 11.6 Å². The number of halogens is 2. The molecule has 4 aliphatic rings. The number of anilines is 2. The summed E-state index contributed by atoms with van der Waals surface area (Å²) in [5, 5.41) is 21.6. The number of rotatable bonds is 5. The monoisotopic (exact) mass is 547 g/mol. The highest BCUT2D eigenvalue weighted by atomic mass is 35.5. The third-order valence-corrected chi connectivity index (χ3v) is 8.88. The van der Waals surface area contributed by atoms with Crippen LogP contribution in [0.4, 0.5) is 16.0 Å². The molecule has 2 bridgehead atoms. The Hall–Kier alpha value is -3.79. The van der Waals surface area contributed by atoms with Gasteiger partial charge in [0.1, 0.15) is 5.69 Å². The number of nitrogens with one attached hydrogen (secondary N) is 2. The van der Waals surface area contributed by atoms with E-state index in [0.29, 0.717) is 34.8 Å². The minimum Gasteiger partial charge on any atom is -0.481 e. The summed E-state index contributed by atoms with van der Waals surface area (Å²) in [6.45, 7) is 1.10. The van der Waals surface area contributed by atoms with E-state index in [1.807, 2.05) is 23.1 Å². The van der Waals surface area contributed by atoms with Gasteiger partial charge in [-0.3, -0.25) is 9.89 Å². The number of benzene rings is 1. The number of carbonyl (C=O) groups is 1.